The largest absolute Gasteiger partial charge is 0.370 e. The van der Waals surface area contributed by atoms with Gasteiger partial charge in [-0.05, 0) is 33.1 Å². The maximum absolute atomic E-state index is 12.3. The first kappa shape index (κ1) is 14.2. The van der Waals surface area contributed by atoms with Crippen molar-refractivity contribution in [3.05, 3.63) is 27.9 Å². The Morgan fingerprint density at radius 3 is 2.75 bits per heavy atom. The van der Waals surface area contributed by atoms with Gasteiger partial charge in [-0.2, -0.15) is 0 Å². The monoisotopic (exact) mass is 278 g/mol. The van der Waals surface area contributed by atoms with Crippen molar-refractivity contribution in [2.75, 3.05) is 11.9 Å². The third-order valence-corrected chi connectivity index (χ3v) is 3.55. The molecule has 108 valence electrons. The van der Waals surface area contributed by atoms with Gasteiger partial charge in [-0.3, -0.25) is 14.9 Å². The molecule has 0 radical (unpaired) electrons. The summed E-state index contributed by atoms with van der Waals surface area (Å²) in [6, 6.07) is 1.27. The highest BCUT2D eigenvalue weighted by Gasteiger charge is 2.34. The molecule has 0 aromatic carbocycles. The van der Waals surface area contributed by atoms with E-state index in [1.165, 1.54) is 6.07 Å². The molecule has 1 aromatic rings. The zero-order valence-electron chi connectivity index (χ0n) is 11.6. The van der Waals surface area contributed by atoms with E-state index in [2.05, 4.69) is 15.6 Å². The second-order valence-electron chi connectivity index (χ2n) is 5.25. The van der Waals surface area contributed by atoms with Crippen LogP contribution in [0.15, 0.2) is 12.3 Å². The van der Waals surface area contributed by atoms with E-state index in [1.54, 1.807) is 0 Å². The number of hydrogen-bond acceptors (Lipinski definition) is 5. The van der Waals surface area contributed by atoms with E-state index in [9.17, 15) is 14.9 Å². The summed E-state index contributed by atoms with van der Waals surface area (Å²) in [5.74, 6) is 0.0536. The molecule has 0 bridgehead atoms. The first-order chi connectivity index (χ1) is 9.45. The van der Waals surface area contributed by atoms with Crippen LogP contribution < -0.4 is 10.6 Å². The smallest absolute Gasteiger partial charge is 0.288 e. The molecule has 1 amide bonds. The van der Waals surface area contributed by atoms with Gasteiger partial charge in [0.15, 0.2) is 0 Å². The molecule has 1 aromatic heterocycles. The van der Waals surface area contributed by atoms with Crippen LogP contribution in [-0.4, -0.2) is 27.9 Å². The van der Waals surface area contributed by atoms with Crippen molar-refractivity contribution in [1.82, 2.24) is 10.3 Å². The van der Waals surface area contributed by atoms with Gasteiger partial charge in [-0.25, -0.2) is 4.98 Å². The normalized spacial score (nSPS) is 16.1. The molecule has 2 N–H and O–H groups in total. The minimum Gasteiger partial charge on any atom is -0.370 e. The number of carbonyl (C=O) groups is 1. The summed E-state index contributed by atoms with van der Waals surface area (Å²) in [6.45, 7) is 4.44. The molecule has 1 aliphatic carbocycles. The van der Waals surface area contributed by atoms with E-state index in [-0.39, 0.29) is 22.7 Å². The summed E-state index contributed by atoms with van der Waals surface area (Å²) in [5.41, 5.74) is -0.171. The summed E-state index contributed by atoms with van der Waals surface area (Å²) >= 11 is 0. The fourth-order valence-corrected chi connectivity index (χ4v) is 2.21. The lowest BCUT2D eigenvalue weighted by Gasteiger charge is -2.39. The second kappa shape index (κ2) is 5.44. The van der Waals surface area contributed by atoms with Gasteiger partial charge in [0.05, 0.1) is 10.5 Å². The number of pyridine rings is 1. The van der Waals surface area contributed by atoms with E-state index in [0.717, 1.165) is 25.5 Å². The van der Waals surface area contributed by atoms with Crippen LogP contribution in [0.2, 0.25) is 0 Å². The molecular formula is C13H18N4O3. The van der Waals surface area contributed by atoms with Gasteiger partial charge >= 0.3 is 0 Å². The predicted molar refractivity (Wildman–Crippen MR) is 74.8 cm³/mol. The summed E-state index contributed by atoms with van der Waals surface area (Å²) in [4.78, 5) is 26.5. The Balaban J connectivity index is 2.28. The third-order valence-electron chi connectivity index (χ3n) is 3.55. The molecule has 0 saturated heterocycles. The zero-order valence-corrected chi connectivity index (χ0v) is 11.6. The number of aromatic nitrogens is 1. The van der Waals surface area contributed by atoms with Gasteiger partial charge < -0.3 is 10.6 Å². The van der Waals surface area contributed by atoms with Crippen molar-refractivity contribution >= 4 is 17.4 Å². The molecule has 7 nitrogen and oxygen atoms in total. The molecule has 20 heavy (non-hydrogen) atoms. The van der Waals surface area contributed by atoms with Crippen molar-refractivity contribution < 1.29 is 9.72 Å². The molecule has 7 heteroatoms. The highest BCUT2D eigenvalue weighted by atomic mass is 16.6. The average Bonchev–Trinajstić information content (AvgIpc) is 2.37. The van der Waals surface area contributed by atoms with Crippen molar-refractivity contribution in [3.63, 3.8) is 0 Å². The number of nitrogens with zero attached hydrogens (tertiary/aromatic N) is 2. The predicted octanol–water partition coefficient (Wildman–Crippen LogP) is 2.09. The molecule has 0 atom stereocenters. The molecule has 0 aliphatic heterocycles. The van der Waals surface area contributed by atoms with Gasteiger partial charge in [0.25, 0.3) is 11.6 Å². The molecule has 1 aliphatic rings. The maximum atomic E-state index is 12.3. The quantitative estimate of drug-likeness (QED) is 0.635. The van der Waals surface area contributed by atoms with Crippen molar-refractivity contribution in [1.29, 1.82) is 0 Å². The van der Waals surface area contributed by atoms with E-state index in [1.807, 2.05) is 13.8 Å². The fraction of sp³-hybridized carbons (Fsp3) is 0.538. The van der Waals surface area contributed by atoms with Crippen LogP contribution in [0.25, 0.3) is 0 Å². The Hall–Kier alpha value is -2.18. The number of rotatable bonds is 5. The first-order valence-electron chi connectivity index (χ1n) is 6.66. The van der Waals surface area contributed by atoms with E-state index < -0.39 is 4.92 Å². The van der Waals surface area contributed by atoms with Crippen LogP contribution >= 0.6 is 0 Å². The number of nitro groups is 1. The highest BCUT2D eigenvalue weighted by Crippen LogP contribution is 2.31. The highest BCUT2D eigenvalue weighted by molar-refractivity contribution is 5.99. The molecule has 1 saturated carbocycles. The van der Waals surface area contributed by atoms with Crippen molar-refractivity contribution in [3.8, 4) is 0 Å². The number of hydrogen-bond donors (Lipinski definition) is 2. The van der Waals surface area contributed by atoms with E-state index in [4.69, 9.17) is 0 Å². The summed E-state index contributed by atoms with van der Waals surface area (Å²) in [5, 5.41) is 16.7. The number of carbonyl (C=O) groups excluding carboxylic acids is 1. The number of nitrogens with one attached hydrogen (secondary N) is 2. The molecule has 0 spiro atoms. The lowest BCUT2D eigenvalue weighted by molar-refractivity contribution is -0.385. The topological polar surface area (TPSA) is 97.2 Å². The second-order valence-corrected chi connectivity index (χ2v) is 5.25. The van der Waals surface area contributed by atoms with Gasteiger partial charge in [0, 0.05) is 18.2 Å². The van der Waals surface area contributed by atoms with Gasteiger partial charge in [0.2, 0.25) is 0 Å². The van der Waals surface area contributed by atoms with Crippen LogP contribution in [0, 0.1) is 10.1 Å². The molecule has 2 rings (SSSR count). The fourth-order valence-electron chi connectivity index (χ4n) is 2.21. The SMILES string of the molecule is CCNc1ncc([N+](=O)[O-])cc1C(=O)NC1(C)CCC1. The van der Waals surface area contributed by atoms with E-state index >= 15 is 0 Å². The standard InChI is InChI=1S/C13H18N4O3/c1-3-14-11-10(7-9(8-15-11)17(19)20)12(18)16-13(2)5-4-6-13/h7-8H,3-6H2,1-2H3,(H,14,15)(H,16,18). The summed E-state index contributed by atoms with van der Waals surface area (Å²) in [6.07, 6.45) is 4.10. The summed E-state index contributed by atoms with van der Waals surface area (Å²) in [7, 11) is 0. The Morgan fingerprint density at radius 1 is 1.55 bits per heavy atom. The Bertz CT molecular complexity index is 540. The van der Waals surface area contributed by atoms with Crippen molar-refractivity contribution in [2.24, 2.45) is 0 Å². The third kappa shape index (κ3) is 2.87. The Morgan fingerprint density at radius 2 is 2.25 bits per heavy atom. The Kier molecular flexibility index (Phi) is 3.87. The Labute approximate surface area is 116 Å². The molecule has 1 heterocycles. The van der Waals surface area contributed by atoms with Crippen LogP contribution in [0.5, 0.6) is 0 Å². The molecule has 1 fully saturated rings. The maximum Gasteiger partial charge on any atom is 0.288 e. The van der Waals surface area contributed by atoms with E-state index in [0.29, 0.717) is 12.4 Å². The lowest BCUT2D eigenvalue weighted by atomic mass is 9.78. The van der Waals surface area contributed by atoms with Crippen LogP contribution in [0.4, 0.5) is 11.5 Å². The number of anilines is 1. The number of amides is 1. The lowest BCUT2D eigenvalue weighted by Crippen LogP contribution is -2.51. The van der Waals surface area contributed by atoms with Gasteiger partial charge in [-0.1, -0.05) is 0 Å². The minimum absolute atomic E-state index is 0.185. The van der Waals surface area contributed by atoms with Gasteiger partial charge in [0.1, 0.15) is 12.0 Å². The molecular weight excluding hydrogens is 260 g/mol. The minimum atomic E-state index is -0.551. The van der Waals surface area contributed by atoms with Crippen molar-refractivity contribution in [2.45, 2.75) is 38.6 Å². The average molecular weight is 278 g/mol. The van der Waals surface area contributed by atoms with Crippen LogP contribution in [-0.2, 0) is 0 Å². The molecule has 0 unspecified atom stereocenters. The zero-order chi connectivity index (χ0) is 14.8. The van der Waals surface area contributed by atoms with Gasteiger partial charge in [-0.15, -0.1) is 0 Å². The van der Waals surface area contributed by atoms with Crippen LogP contribution in [0.1, 0.15) is 43.5 Å². The van der Waals surface area contributed by atoms with Crippen LogP contribution in [0.3, 0.4) is 0 Å². The first-order valence-corrected chi connectivity index (χ1v) is 6.66. The summed E-state index contributed by atoms with van der Waals surface area (Å²) < 4.78 is 0.